The summed E-state index contributed by atoms with van der Waals surface area (Å²) in [6, 6.07) is 0. The molecule has 6 heteroatoms. The fourth-order valence-corrected chi connectivity index (χ4v) is 6.60. The highest BCUT2D eigenvalue weighted by Gasteiger charge is 2.19. The van der Waals surface area contributed by atoms with Crippen LogP contribution in [0.15, 0.2) is 146 Å². The van der Waals surface area contributed by atoms with Crippen LogP contribution in [-0.4, -0.2) is 37.2 Å². The number of hydrogen-bond donors (Lipinski definition) is 0. The van der Waals surface area contributed by atoms with Crippen LogP contribution in [0, 0.1) is 0 Å². The van der Waals surface area contributed by atoms with Gasteiger partial charge in [0.2, 0.25) is 0 Å². The summed E-state index contributed by atoms with van der Waals surface area (Å²) in [5, 5.41) is 0. The SMILES string of the molecule is CC/C=C\C/C=C\C/C=C\C/C=C\C/C=C\C/C=C\CCC(=O)OCC(COC(=O)CCCC/C=C\C/C=C\C/C=C\C/C=C\CC)OC(=O)CCCCCCC/C=C\C/C=C\CCCCCC. The van der Waals surface area contributed by atoms with Gasteiger partial charge in [0.1, 0.15) is 13.2 Å². The summed E-state index contributed by atoms with van der Waals surface area (Å²) in [5.74, 6) is -1.08. The third-order valence-electron chi connectivity index (χ3n) is 10.6. The first-order chi connectivity index (χ1) is 33.5. The van der Waals surface area contributed by atoms with Crippen molar-refractivity contribution in [2.75, 3.05) is 13.2 Å². The molecule has 0 amide bonds. The van der Waals surface area contributed by atoms with E-state index in [9.17, 15) is 14.4 Å². The van der Waals surface area contributed by atoms with Crippen LogP contribution in [0.1, 0.15) is 207 Å². The van der Waals surface area contributed by atoms with Crippen molar-refractivity contribution in [1.29, 1.82) is 0 Å². The second-order valence-corrected chi connectivity index (χ2v) is 17.0. The highest BCUT2D eigenvalue weighted by Crippen LogP contribution is 2.11. The van der Waals surface area contributed by atoms with Crippen LogP contribution < -0.4 is 0 Å². The van der Waals surface area contributed by atoms with Gasteiger partial charge in [-0.25, -0.2) is 0 Å². The summed E-state index contributed by atoms with van der Waals surface area (Å²) < 4.78 is 16.7. The van der Waals surface area contributed by atoms with Crippen LogP contribution in [0.3, 0.4) is 0 Å². The molecule has 380 valence electrons. The van der Waals surface area contributed by atoms with E-state index in [0.717, 1.165) is 122 Å². The Labute approximate surface area is 417 Å². The van der Waals surface area contributed by atoms with Gasteiger partial charge < -0.3 is 14.2 Å². The van der Waals surface area contributed by atoms with E-state index in [1.807, 2.05) is 12.2 Å². The van der Waals surface area contributed by atoms with Gasteiger partial charge in [0, 0.05) is 19.3 Å². The van der Waals surface area contributed by atoms with E-state index < -0.39 is 6.10 Å². The van der Waals surface area contributed by atoms with Crippen LogP contribution >= 0.6 is 0 Å². The second kappa shape index (κ2) is 54.9. The number of rotatable bonds is 46. The Hall–Kier alpha value is -4.71. The monoisotopic (exact) mass is 937 g/mol. The highest BCUT2D eigenvalue weighted by molar-refractivity contribution is 5.71. The second-order valence-electron chi connectivity index (χ2n) is 17.0. The summed E-state index contributed by atoms with van der Waals surface area (Å²) in [4.78, 5) is 38.0. The van der Waals surface area contributed by atoms with Crippen molar-refractivity contribution >= 4 is 17.9 Å². The van der Waals surface area contributed by atoms with Gasteiger partial charge in [-0.15, -0.1) is 0 Å². The van der Waals surface area contributed by atoms with Crippen LogP contribution in [-0.2, 0) is 28.6 Å². The molecule has 0 aliphatic rings. The largest absolute Gasteiger partial charge is 0.462 e. The maximum absolute atomic E-state index is 12.8. The van der Waals surface area contributed by atoms with Crippen LogP contribution in [0.2, 0.25) is 0 Å². The normalized spacial score (nSPS) is 13.3. The maximum atomic E-state index is 12.8. The van der Waals surface area contributed by atoms with Gasteiger partial charge in [-0.05, 0) is 128 Å². The van der Waals surface area contributed by atoms with E-state index in [0.29, 0.717) is 12.8 Å². The zero-order chi connectivity index (χ0) is 49.3. The molecule has 1 unspecified atom stereocenters. The molecule has 0 aromatic carbocycles. The molecular weight excluding hydrogens is 841 g/mol. The molecule has 0 bridgehead atoms. The summed E-state index contributed by atoms with van der Waals surface area (Å²) in [6.45, 7) is 6.26. The van der Waals surface area contributed by atoms with Crippen molar-refractivity contribution in [3.05, 3.63) is 146 Å². The lowest BCUT2D eigenvalue weighted by Crippen LogP contribution is -2.30. The molecule has 0 aromatic rings. The molecule has 1 atom stereocenters. The van der Waals surface area contributed by atoms with E-state index in [4.69, 9.17) is 14.2 Å². The van der Waals surface area contributed by atoms with Gasteiger partial charge in [0.05, 0.1) is 0 Å². The Morgan fingerprint density at radius 1 is 0.309 bits per heavy atom. The lowest BCUT2D eigenvalue weighted by atomic mass is 10.1. The summed E-state index contributed by atoms with van der Waals surface area (Å²) >= 11 is 0. The van der Waals surface area contributed by atoms with Crippen molar-refractivity contribution in [3.8, 4) is 0 Å². The molecule has 0 saturated carbocycles. The molecule has 0 radical (unpaired) electrons. The fourth-order valence-electron chi connectivity index (χ4n) is 6.60. The predicted molar refractivity (Wildman–Crippen MR) is 292 cm³/mol. The Kier molecular flexibility index (Phi) is 51.1. The number of allylic oxidation sites excluding steroid dienone is 24. The average Bonchev–Trinajstić information content (AvgIpc) is 3.34. The van der Waals surface area contributed by atoms with Crippen molar-refractivity contribution < 1.29 is 28.6 Å². The summed E-state index contributed by atoms with van der Waals surface area (Å²) in [5.41, 5.74) is 0. The molecule has 68 heavy (non-hydrogen) atoms. The molecule has 0 saturated heterocycles. The van der Waals surface area contributed by atoms with Crippen LogP contribution in [0.5, 0.6) is 0 Å². The van der Waals surface area contributed by atoms with Crippen molar-refractivity contribution in [2.24, 2.45) is 0 Å². The third-order valence-corrected chi connectivity index (χ3v) is 10.6. The molecule has 0 N–H and O–H groups in total. The van der Waals surface area contributed by atoms with E-state index in [1.54, 1.807) is 0 Å². The number of esters is 3. The van der Waals surface area contributed by atoms with Gasteiger partial charge in [-0.2, -0.15) is 0 Å². The lowest BCUT2D eigenvalue weighted by Gasteiger charge is -2.18. The smallest absolute Gasteiger partial charge is 0.306 e. The molecule has 0 spiro atoms. The van der Waals surface area contributed by atoms with Crippen molar-refractivity contribution in [2.45, 2.75) is 213 Å². The minimum absolute atomic E-state index is 0.135. The molecule has 0 rings (SSSR count). The lowest BCUT2D eigenvalue weighted by molar-refractivity contribution is -0.166. The zero-order valence-corrected chi connectivity index (χ0v) is 43.3. The Bertz CT molecular complexity index is 1540. The third kappa shape index (κ3) is 52.3. The van der Waals surface area contributed by atoms with Gasteiger partial charge >= 0.3 is 17.9 Å². The number of ether oxygens (including phenoxy) is 3. The van der Waals surface area contributed by atoms with Gasteiger partial charge in [-0.3, -0.25) is 14.4 Å². The van der Waals surface area contributed by atoms with Gasteiger partial charge in [0.25, 0.3) is 0 Å². The van der Waals surface area contributed by atoms with Gasteiger partial charge in [0.15, 0.2) is 6.10 Å². The van der Waals surface area contributed by atoms with Crippen molar-refractivity contribution in [3.63, 3.8) is 0 Å². The molecular formula is C62H96O6. The summed E-state index contributed by atoms with van der Waals surface area (Å²) in [6.07, 6.45) is 78.4. The van der Waals surface area contributed by atoms with E-state index in [2.05, 4.69) is 154 Å². The Morgan fingerprint density at radius 2 is 0.603 bits per heavy atom. The molecule has 0 aliphatic carbocycles. The Morgan fingerprint density at radius 3 is 1.01 bits per heavy atom. The van der Waals surface area contributed by atoms with E-state index in [1.165, 1.54) is 32.1 Å². The molecule has 0 aromatic heterocycles. The number of carbonyl (C=O) groups is 3. The molecule has 0 aliphatic heterocycles. The van der Waals surface area contributed by atoms with Crippen molar-refractivity contribution in [1.82, 2.24) is 0 Å². The minimum Gasteiger partial charge on any atom is -0.462 e. The van der Waals surface area contributed by atoms with E-state index >= 15 is 0 Å². The first kappa shape index (κ1) is 63.3. The highest BCUT2D eigenvalue weighted by atomic mass is 16.6. The first-order valence-electron chi connectivity index (χ1n) is 26.8. The first-order valence-corrected chi connectivity index (χ1v) is 26.8. The molecule has 0 heterocycles. The number of unbranched alkanes of at least 4 members (excludes halogenated alkanes) is 11. The number of carbonyl (C=O) groups excluding carboxylic acids is 3. The molecule has 6 nitrogen and oxygen atoms in total. The van der Waals surface area contributed by atoms with Gasteiger partial charge in [-0.1, -0.05) is 205 Å². The maximum Gasteiger partial charge on any atom is 0.306 e. The Balaban J connectivity index is 4.62. The number of hydrogen-bond acceptors (Lipinski definition) is 6. The standard InChI is InChI=1S/C62H96O6/c1-4-7-10-13-16-19-22-25-28-30-31-32-35-37-40-43-46-49-52-55-61(64)67-58-59(57-66-60(63)54-51-48-45-42-39-36-33-27-24-21-18-15-12-9-6-3)68-62(65)56-53-50-47-44-41-38-34-29-26-23-20-17-14-11-8-5-2/h7,9-10,12,16,18-21,23,25,27-29,31-34,37,39-40,42,46,49,59H,4-6,8,11,13-15,17,22,24,26,30,35-36,38,41,43-45,47-48,50-58H2,1-3H3/b10-7-,12-9-,19-16-,21-18-,23-20-,28-25-,32-31-,33-27-,34-29-,40-37-,42-39-,49-46-. The predicted octanol–water partition coefficient (Wildman–Crippen LogP) is 18.0. The zero-order valence-electron chi connectivity index (χ0n) is 43.3. The quantitative estimate of drug-likeness (QED) is 0.0262. The average molecular weight is 937 g/mol. The fraction of sp³-hybridized carbons (Fsp3) is 0.565. The topological polar surface area (TPSA) is 78.9 Å². The van der Waals surface area contributed by atoms with Crippen LogP contribution in [0.25, 0.3) is 0 Å². The van der Waals surface area contributed by atoms with Crippen LogP contribution in [0.4, 0.5) is 0 Å². The minimum atomic E-state index is -0.840. The summed E-state index contributed by atoms with van der Waals surface area (Å²) in [7, 11) is 0. The van der Waals surface area contributed by atoms with E-state index in [-0.39, 0.29) is 50.4 Å². The molecule has 0 fully saturated rings.